The Morgan fingerprint density at radius 3 is 2.04 bits per heavy atom. The van der Waals surface area contributed by atoms with Gasteiger partial charge >= 0.3 is 18.1 Å². The number of hydrogen-bond acceptors (Lipinski definition) is 5. The summed E-state index contributed by atoms with van der Waals surface area (Å²) < 4.78 is 52.2. The lowest BCUT2D eigenvalue weighted by atomic mass is 10.0. The summed E-state index contributed by atoms with van der Waals surface area (Å²) in [6.45, 7) is 11.7. The molecule has 0 bridgehead atoms. The Kier molecular flexibility index (Phi) is 10.1. The van der Waals surface area contributed by atoms with E-state index in [-0.39, 0.29) is 25.0 Å². The van der Waals surface area contributed by atoms with E-state index < -0.39 is 41.8 Å². The summed E-state index contributed by atoms with van der Waals surface area (Å²) >= 11 is 0. The van der Waals surface area contributed by atoms with Gasteiger partial charge in [-0.2, -0.15) is 13.2 Å². The molecule has 158 valence electrons. The highest BCUT2D eigenvalue weighted by atomic mass is 19.4. The van der Waals surface area contributed by atoms with Crippen LogP contribution < -0.4 is 0 Å². The van der Waals surface area contributed by atoms with Crippen LogP contribution in [0.2, 0.25) is 0 Å². The summed E-state index contributed by atoms with van der Waals surface area (Å²) in [5.74, 6) is -1.92. The highest BCUT2D eigenvalue weighted by molar-refractivity contribution is 5.79. The van der Waals surface area contributed by atoms with Crippen molar-refractivity contribution in [1.29, 1.82) is 0 Å². The Balaban J connectivity index is 4.68. The van der Waals surface area contributed by atoms with Crippen molar-refractivity contribution in [3.05, 3.63) is 12.2 Å². The fourth-order valence-electron chi connectivity index (χ4n) is 2.22. The Morgan fingerprint density at radius 2 is 1.59 bits per heavy atom. The molecule has 5 nitrogen and oxygen atoms in total. The number of rotatable bonds is 9. The molecule has 0 aliphatic heterocycles. The Bertz CT molecular complexity index is 506. The largest absolute Gasteiger partial charge is 0.460 e. The zero-order valence-corrected chi connectivity index (χ0v) is 17.1. The van der Waals surface area contributed by atoms with Gasteiger partial charge in [-0.05, 0) is 33.6 Å². The third-order valence-electron chi connectivity index (χ3n) is 3.43. The molecule has 0 aromatic carbocycles. The van der Waals surface area contributed by atoms with Gasteiger partial charge in [0.05, 0.1) is 25.0 Å². The molecule has 0 aliphatic carbocycles. The van der Waals surface area contributed by atoms with Gasteiger partial charge in [0.25, 0.3) is 0 Å². The van der Waals surface area contributed by atoms with E-state index in [4.69, 9.17) is 14.2 Å². The van der Waals surface area contributed by atoms with Crippen LogP contribution in [0.4, 0.5) is 13.2 Å². The number of carbonyl (C=O) groups is 2. The maximum Gasteiger partial charge on any atom is 0.409 e. The Hall–Kier alpha value is -1.57. The standard InChI is InChI=1S/C19H31F3O5/c1-12(2)16(14(4)25-10-8-9-19(20,21)22)26-17(24)13(3)11-15(23)27-18(5,6)7/h8-9,12-14,16H,10-11H2,1-7H3/b9-8+/t13-,14+,16-/m1/s1. The maximum atomic E-state index is 12.3. The van der Waals surface area contributed by atoms with Crippen LogP contribution in [0.3, 0.4) is 0 Å². The van der Waals surface area contributed by atoms with Crippen molar-refractivity contribution in [2.75, 3.05) is 6.61 Å². The van der Waals surface area contributed by atoms with Crippen LogP contribution in [0.1, 0.15) is 54.9 Å². The van der Waals surface area contributed by atoms with E-state index in [0.29, 0.717) is 0 Å². The van der Waals surface area contributed by atoms with Crippen LogP contribution in [0.25, 0.3) is 0 Å². The number of alkyl halides is 3. The van der Waals surface area contributed by atoms with Crippen LogP contribution in [-0.4, -0.2) is 42.5 Å². The molecule has 0 amide bonds. The minimum absolute atomic E-state index is 0.0962. The maximum absolute atomic E-state index is 12.3. The molecular formula is C19H31F3O5. The third-order valence-corrected chi connectivity index (χ3v) is 3.43. The van der Waals surface area contributed by atoms with Gasteiger partial charge in [-0.1, -0.05) is 26.8 Å². The van der Waals surface area contributed by atoms with E-state index in [9.17, 15) is 22.8 Å². The second-order valence-electron chi connectivity index (χ2n) is 7.82. The van der Waals surface area contributed by atoms with Crippen LogP contribution in [0.15, 0.2) is 12.2 Å². The van der Waals surface area contributed by atoms with E-state index in [1.807, 2.05) is 13.8 Å². The molecule has 0 spiro atoms. The van der Waals surface area contributed by atoms with Crippen molar-refractivity contribution < 1.29 is 37.0 Å². The molecule has 3 atom stereocenters. The highest BCUT2D eigenvalue weighted by Crippen LogP contribution is 2.19. The Labute approximate surface area is 159 Å². The fourth-order valence-corrected chi connectivity index (χ4v) is 2.22. The summed E-state index contributed by atoms with van der Waals surface area (Å²) in [6.07, 6.45) is -4.82. The summed E-state index contributed by atoms with van der Waals surface area (Å²) in [6, 6.07) is 0. The molecule has 0 saturated heterocycles. The molecular weight excluding hydrogens is 365 g/mol. The lowest BCUT2D eigenvalue weighted by Gasteiger charge is -2.28. The topological polar surface area (TPSA) is 61.8 Å². The Morgan fingerprint density at radius 1 is 1.04 bits per heavy atom. The number of allylic oxidation sites excluding steroid dienone is 1. The number of hydrogen-bond donors (Lipinski definition) is 0. The lowest BCUT2D eigenvalue weighted by Crippen LogP contribution is -2.37. The molecule has 0 aromatic rings. The molecule has 0 aromatic heterocycles. The van der Waals surface area contributed by atoms with E-state index in [0.717, 1.165) is 6.08 Å². The zero-order chi connectivity index (χ0) is 21.4. The van der Waals surface area contributed by atoms with Gasteiger partial charge in [0, 0.05) is 6.08 Å². The average Bonchev–Trinajstić information content (AvgIpc) is 2.45. The van der Waals surface area contributed by atoms with Crippen molar-refractivity contribution in [2.45, 2.75) is 78.9 Å². The van der Waals surface area contributed by atoms with Crippen LogP contribution in [-0.2, 0) is 23.8 Å². The third kappa shape index (κ3) is 12.4. The lowest BCUT2D eigenvalue weighted by molar-refractivity contribution is -0.169. The van der Waals surface area contributed by atoms with Gasteiger partial charge in [0.1, 0.15) is 11.7 Å². The number of ether oxygens (including phenoxy) is 3. The van der Waals surface area contributed by atoms with E-state index in [1.165, 1.54) is 0 Å². The van der Waals surface area contributed by atoms with Crippen molar-refractivity contribution >= 4 is 11.9 Å². The molecule has 27 heavy (non-hydrogen) atoms. The smallest absolute Gasteiger partial charge is 0.409 e. The first kappa shape index (κ1) is 25.4. The summed E-state index contributed by atoms with van der Waals surface area (Å²) in [5.41, 5.74) is -0.645. The molecule has 0 fully saturated rings. The molecule has 0 unspecified atom stereocenters. The second-order valence-corrected chi connectivity index (χ2v) is 7.82. The van der Waals surface area contributed by atoms with Gasteiger partial charge in [-0.3, -0.25) is 9.59 Å². The van der Waals surface area contributed by atoms with E-state index in [1.54, 1.807) is 34.6 Å². The molecule has 8 heteroatoms. The van der Waals surface area contributed by atoms with E-state index >= 15 is 0 Å². The molecule has 0 radical (unpaired) electrons. The van der Waals surface area contributed by atoms with Crippen LogP contribution in [0, 0.1) is 11.8 Å². The monoisotopic (exact) mass is 396 g/mol. The van der Waals surface area contributed by atoms with Gasteiger partial charge < -0.3 is 14.2 Å². The normalized spacial score (nSPS) is 16.3. The molecule has 0 saturated carbocycles. The van der Waals surface area contributed by atoms with Gasteiger partial charge in [0.2, 0.25) is 0 Å². The fraction of sp³-hybridized carbons (Fsp3) is 0.789. The summed E-state index contributed by atoms with van der Waals surface area (Å²) in [7, 11) is 0. The highest BCUT2D eigenvalue weighted by Gasteiger charge is 2.30. The minimum atomic E-state index is -4.40. The van der Waals surface area contributed by atoms with Crippen molar-refractivity contribution in [3.8, 4) is 0 Å². The SMILES string of the molecule is CC(C)[C@@H](OC(=O)[C@H](C)CC(=O)OC(C)(C)C)[C@H](C)OC/C=C/C(F)(F)F. The van der Waals surface area contributed by atoms with Crippen molar-refractivity contribution in [1.82, 2.24) is 0 Å². The predicted molar refractivity (Wildman–Crippen MR) is 95.0 cm³/mol. The summed E-state index contributed by atoms with van der Waals surface area (Å²) in [4.78, 5) is 24.1. The number of halogens is 3. The van der Waals surface area contributed by atoms with Gasteiger partial charge in [0.15, 0.2) is 0 Å². The predicted octanol–water partition coefficient (Wildman–Crippen LogP) is 4.45. The van der Waals surface area contributed by atoms with Crippen LogP contribution in [0.5, 0.6) is 0 Å². The van der Waals surface area contributed by atoms with Crippen LogP contribution >= 0.6 is 0 Å². The molecule has 0 N–H and O–H groups in total. The quantitative estimate of drug-likeness (QED) is 0.426. The first-order chi connectivity index (χ1) is 12.1. The first-order valence-corrected chi connectivity index (χ1v) is 8.90. The zero-order valence-electron chi connectivity index (χ0n) is 17.1. The molecule has 0 heterocycles. The number of carbonyl (C=O) groups excluding carboxylic acids is 2. The van der Waals surface area contributed by atoms with Gasteiger partial charge in [-0.25, -0.2) is 0 Å². The van der Waals surface area contributed by atoms with Crippen molar-refractivity contribution in [2.24, 2.45) is 11.8 Å². The second kappa shape index (κ2) is 10.7. The molecule has 0 rings (SSSR count). The molecule has 0 aliphatic rings. The average molecular weight is 396 g/mol. The van der Waals surface area contributed by atoms with E-state index in [2.05, 4.69) is 0 Å². The minimum Gasteiger partial charge on any atom is -0.460 e. The van der Waals surface area contributed by atoms with Gasteiger partial charge in [-0.15, -0.1) is 0 Å². The number of esters is 2. The summed E-state index contributed by atoms with van der Waals surface area (Å²) in [5, 5.41) is 0. The first-order valence-electron chi connectivity index (χ1n) is 8.90. The van der Waals surface area contributed by atoms with Crippen molar-refractivity contribution in [3.63, 3.8) is 0 Å².